The fraction of sp³-hybridized carbons (Fsp3) is 0.500. The van der Waals surface area contributed by atoms with Crippen LogP contribution in [0.4, 0.5) is 0 Å². The van der Waals surface area contributed by atoms with Gasteiger partial charge in [-0.3, -0.25) is 4.72 Å². The molecule has 0 heterocycles. The van der Waals surface area contributed by atoms with Crippen LogP contribution in [0.2, 0.25) is 0 Å². The summed E-state index contributed by atoms with van der Waals surface area (Å²) in [4.78, 5) is 1.22. The van der Waals surface area contributed by atoms with Gasteiger partial charge in [0.2, 0.25) is 0 Å². The van der Waals surface area contributed by atoms with Crippen molar-refractivity contribution >= 4 is 11.9 Å². The maximum atomic E-state index is 8.61. The largest absolute Gasteiger partial charge is 0.396 e. The van der Waals surface area contributed by atoms with Gasteiger partial charge in [-0.25, -0.2) is 0 Å². The van der Waals surface area contributed by atoms with Gasteiger partial charge in [-0.05, 0) is 42.0 Å². The SMILES string of the molecule is CC(C)c1ccc(SNCCCO)cc1. The molecule has 0 radical (unpaired) electrons. The topological polar surface area (TPSA) is 32.3 Å². The molecule has 3 heteroatoms. The maximum absolute atomic E-state index is 8.61. The predicted octanol–water partition coefficient (Wildman–Crippen LogP) is 2.79. The van der Waals surface area contributed by atoms with E-state index in [4.69, 9.17) is 5.11 Å². The van der Waals surface area contributed by atoms with E-state index in [1.165, 1.54) is 10.5 Å². The summed E-state index contributed by atoms with van der Waals surface area (Å²) in [6.45, 7) is 5.48. The summed E-state index contributed by atoms with van der Waals surface area (Å²) in [5.74, 6) is 0.589. The van der Waals surface area contributed by atoms with Gasteiger partial charge in [-0.15, -0.1) is 0 Å². The highest BCUT2D eigenvalue weighted by atomic mass is 32.2. The van der Waals surface area contributed by atoms with E-state index in [0.717, 1.165) is 13.0 Å². The van der Waals surface area contributed by atoms with Gasteiger partial charge < -0.3 is 5.11 Å². The summed E-state index contributed by atoms with van der Waals surface area (Å²) < 4.78 is 3.21. The number of rotatable bonds is 6. The monoisotopic (exact) mass is 225 g/mol. The van der Waals surface area contributed by atoms with Crippen molar-refractivity contribution in [2.24, 2.45) is 0 Å². The molecule has 0 aliphatic carbocycles. The molecule has 1 rings (SSSR count). The second kappa shape index (κ2) is 6.88. The van der Waals surface area contributed by atoms with E-state index < -0.39 is 0 Å². The van der Waals surface area contributed by atoms with Crippen molar-refractivity contribution in [2.75, 3.05) is 13.2 Å². The van der Waals surface area contributed by atoms with Gasteiger partial charge in [0.25, 0.3) is 0 Å². The average molecular weight is 225 g/mol. The molecule has 0 saturated heterocycles. The van der Waals surface area contributed by atoms with Crippen molar-refractivity contribution in [3.8, 4) is 0 Å². The van der Waals surface area contributed by atoms with E-state index in [-0.39, 0.29) is 6.61 Å². The number of hydrogen-bond acceptors (Lipinski definition) is 3. The Morgan fingerprint density at radius 2 is 1.93 bits per heavy atom. The summed E-state index contributed by atoms with van der Waals surface area (Å²) in [5.41, 5.74) is 1.37. The normalized spacial score (nSPS) is 10.9. The molecule has 0 saturated carbocycles. The van der Waals surface area contributed by atoms with Crippen LogP contribution >= 0.6 is 11.9 Å². The van der Waals surface area contributed by atoms with Crippen LogP contribution in [0.5, 0.6) is 0 Å². The van der Waals surface area contributed by atoms with Crippen molar-refractivity contribution in [1.29, 1.82) is 0 Å². The Labute approximate surface area is 96.2 Å². The number of hydrogen-bond donors (Lipinski definition) is 2. The van der Waals surface area contributed by atoms with Gasteiger partial charge in [0.15, 0.2) is 0 Å². The van der Waals surface area contributed by atoms with Gasteiger partial charge in [0.05, 0.1) is 0 Å². The number of aliphatic hydroxyl groups is 1. The molecule has 1 aromatic carbocycles. The van der Waals surface area contributed by atoms with Crippen LogP contribution < -0.4 is 4.72 Å². The molecule has 0 spiro atoms. The third-order valence-electron chi connectivity index (χ3n) is 2.17. The van der Waals surface area contributed by atoms with E-state index in [9.17, 15) is 0 Å². The van der Waals surface area contributed by atoms with Crippen LogP contribution in [0, 0.1) is 0 Å². The van der Waals surface area contributed by atoms with Crippen LogP contribution in [0.1, 0.15) is 31.7 Å². The first-order chi connectivity index (χ1) is 7.24. The highest BCUT2D eigenvalue weighted by Crippen LogP contribution is 2.19. The van der Waals surface area contributed by atoms with Crippen molar-refractivity contribution in [2.45, 2.75) is 31.1 Å². The highest BCUT2D eigenvalue weighted by Gasteiger charge is 1.98. The van der Waals surface area contributed by atoms with Gasteiger partial charge in [0, 0.05) is 18.0 Å². The molecule has 2 nitrogen and oxygen atoms in total. The third-order valence-corrected chi connectivity index (χ3v) is 3.03. The lowest BCUT2D eigenvalue weighted by atomic mass is 10.0. The minimum atomic E-state index is 0.250. The first-order valence-corrected chi connectivity index (χ1v) is 6.16. The molecular formula is C12H19NOS. The summed E-state index contributed by atoms with van der Waals surface area (Å²) >= 11 is 1.62. The minimum absolute atomic E-state index is 0.250. The number of benzene rings is 1. The Morgan fingerprint density at radius 1 is 1.27 bits per heavy atom. The lowest BCUT2D eigenvalue weighted by Crippen LogP contribution is -2.06. The minimum Gasteiger partial charge on any atom is -0.396 e. The van der Waals surface area contributed by atoms with Gasteiger partial charge in [-0.1, -0.05) is 26.0 Å². The molecule has 2 N–H and O–H groups in total. The van der Waals surface area contributed by atoms with E-state index in [1.807, 2.05) is 0 Å². The van der Waals surface area contributed by atoms with Crippen LogP contribution in [0.3, 0.4) is 0 Å². The third kappa shape index (κ3) is 4.69. The molecule has 0 fully saturated rings. The average Bonchev–Trinajstić information content (AvgIpc) is 2.25. The van der Waals surface area contributed by atoms with E-state index in [2.05, 4.69) is 42.8 Å². The standard InChI is InChI=1S/C12H19NOS/c1-10(2)11-4-6-12(7-5-11)15-13-8-3-9-14/h4-7,10,13-14H,3,8-9H2,1-2H3. The van der Waals surface area contributed by atoms with Gasteiger partial charge in [0.1, 0.15) is 0 Å². The Hall–Kier alpha value is -0.510. The fourth-order valence-corrected chi connectivity index (χ4v) is 1.89. The predicted molar refractivity (Wildman–Crippen MR) is 66.1 cm³/mol. The molecule has 0 aliphatic heterocycles. The Bertz CT molecular complexity index is 271. The summed E-state index contributed by atoms with van der Waals surface area (Å²) in [6, 6.07) is 8.60. The maximum Gasteiger partial charge on any atom is 0.0443 e. The zero-order valence-corrected chi connectivity index (χ0v) is 10.2. The van der Waals surface area contributed by atoms with Crippen LogP contribution in [0.15, 0.2) is 29.2 Å². The van der Waals surface area contributed by atoms with Crippen LogP contribution in [-0.4, -0.2) is 18.3 Å². The Balaban J connectivity index is 2.36. The van der Waals surface area contributed by atoms with Crippen molar-refractivity contribution in [1.82, 2.24) is 4.72 Å². The van der Waals surface area contributed by atoms with Crippen molar-refractivity contribution in [3.05, 3.63) is 29.8 Å². The van der Waals surface area contributed by atoms with E-state index >= 15 is 0 Å². The number of nitrogens with one attached hydrogen (secondary N) is 1. The molecule has 0 bridgehead atoms. The molecular weight excluding hydrogens is 206 g/mol. The fourth-order valence-electron chi connectivity index (χ4n) is 1.21. The molecule has 1 aromatic rings. The Kier molecular flexibility index (Phi) is 5.76. The molecule has 0 unspecified atom stereocenters. The molecule has 15 heavy (non-hydrogen) atoms. The van der Waals surface area contributed by atoms with Crippen molar-refractivity contribution < 1.29 is 5.11 Å². The zero-order valence-electron chi connectivity index (χ0n) is 9.36. The summed E-state index contributed by atoms with van der Waals surface area (Å²) in [7, 11) is 0. The molecule has 0 aromatic heterocycles. The van der Waals surface area contributed by atoms with E-state index in [0.29, 0.717) is 5.92 Å². The summed E-state index contributed by atoms with van der Waals surface area (Å²) in [6.07, 6.45) is 0.803. The molecule has 0 aliphatic rings. The van der Waals surface area contributed by atoms with Crippen molar-refractivity contribution in [3.63, 3.8) is 0 Å². The van der Waals surface area contributed by atoms with Crippen LogP contribution in [0.25, 0.3) is 0 Å². The Morgan fingerprint density at radius 3 is 2.47 bits per heavy atom. The van der Waals surface area contributed by atoms with E-state index in [1.54, 1.807) is 11.9 Å². The van der Waals surface area contributed by atoms with Gasteiger partial charge in [-0.2, -0.15) is 0 Å². The van der Waals surface area contributed by atoms with Gasteiger partial charge >= 0.3 is 0 Å². The number of aliphatic hydroxyl groups excluding tert-OH is 1. The second-order valence-electron chi connectivity index (χ2n) is 3.80. The quantitative estimate of drug-likeness (QED) is 0.577. The highest BCUT2D eigenvalue weighted by molar-refractivity contribution is 7.97. The zero-order chi connectivity index (χ0) is 11.1. The first kappa shape index (κ1) is 12.6. The molecule has 84 valence electrons. The summed E-state index contributed by atoms with van der Waals surface area (Å²) in [5, 5.41) is 8.61. The smallest absolute Gasteiger partial charge is 0.0443 e. The lowest BCUT2D eigenvalue weighted by Gasteiger charge is -2.07. The molecule has 0 atom stereocenters. The molecule has 0 amide bonds. The first-order valence-electron chi connectivity index (χ1n) is 5.34. The second-order valence-corrected chi connectivity index (χ2v) is 4.76. The van der Waals surface area contributed by atoms with Crippen LogP contribution in [-0.2, 0) is 0 Å². The lowest BCUT2D eigenvalue weighted by molar-refractivity contribution is 0.290.